The highest BCUT2D eigenvalue weighted by atomic mass is 19.1. The minimum atomic E-state index is -0.284. The second-order valence-electron chi connectivity index (χ2n) is 7.19. The number of carbonyl (C=O) groups excluding carboxylic acids is 2. The van der Waals surface area contributed by atoms with E-state index in [1.54, 1.807) is 53.3 Å². The summed E-state index contributed by atoms with van der Waals surface area (Å²) in [6, 6.07) is 11.6. The number of carbonyl (C=O) groups is 2. The molecule has 7 heteroatoms. The quantitative estimate of drug-likeness (QED) is 0.729. The van der Waals surface area contributed by atoms with Crippen LogP contribution in [0.5, 0.6) is 11.5 Å². The summed E-state index contributed by atoms with van der Waals surface area (Å²) < 4.78 is 24.3. The molecular weight excluding hydrogens is 387 g/mol. The molecular formula is C23H27FN2O4. The van der Waals surface area contributed by atoms with Crippen molar-refractivity contribution in [3.8, 4) is 11.5 Å². The fraction of sp³-hybridized carbons (Fsp3) is 0.391. The standard InChI is InChI=1S/C23H27FN2O4/c1-29-20-10-8-18(16-21(20)30-2)23(28)26-13-5-12-25(14-15-26)22(27)11-9-17-6-3-4-7-19(17)24/h3-4,6-8,10,16H,5,9,11-15H2,1-2H3. The molecule has 1 aliphatic rings. The number of nitrogens with zero attached hydrogens (tertiary/aromatic N) is 2. The van der Waals surface area contributed by atoms with Gasteiger partial charge in [-0.1, -0.05) is 18.2 Å². The number of ether oxygens (including phenoxy) is 2. The average Bonchev–Trinajstić information content (AvgIpc) is 3.03. The van der Waals surface area contributed by atoms with Crippen LogP contribution in [0.4, 0.5) is 4.39 Å². The molecule has 160 valence electrons. The average molecular weight is 414 g/mol. The zero-order valence-electron chi connectivity index (χ0n) is 17.4. The van der Waals surface area contributed by atoms with Gasteiger partial charge in [0.2, 0.25) is 5.91 Å². The number of halogens is 1. The van der Waals surface area contributed by atoms with Crippen molar-refractivity contribution < 1.29 is 23.5 Å². The maximum Gasteiger partial charge on any atom is 0.254 e. The Labute approximate surface area is 176 Å². The molecule has 0 atom stereocenters. The molecule has 0 radical (unpaired) electrons. The minimum Gasteiger partial charge on any atom is -0.493 e. The number of rotatable bonds is 6. The summed E-state index contributed by atoms with van der Waals surface area (Å²) in [6.07, 6.45) is 1.32. The first-order valence-electron chi connectivity index (χ1n) is 10.1. The van der Waals surface area contributed by atoms with Gasteiger partial charge in [-0.2, -0.15) is 0 Å². The summed E-state index contributed by atoms with van der Waals surface area (Å²) in [4.78, 5) is 29.1. The van der Waals surface area contributed by atoms with Gasteiger partial charge in [0.25, 0.3) is 5.91 Å². The smallest absolute Gasteiger partial charge is 0.254 e. The van der Waals surface area contributed by atoms with E-state index in [2.05, 4.69) is 0 Å². The Morgan fingerprint density at radius 3 is 2.37 bits per heavy atom. The lowest BCUT2D eigenvalue weighted by molar-refractivity contribution is -0.131. The molecule has 6 nitrogen and oxygen atoms in total. The summed E-state index contributed by atoms with van der Waals surface area (Å²) >= 11 is 0. The number of hydrogen-bond donors (Lipinski definition) is 0. The zero-order valence-corrected chi connectivity index (χ0v) is 17.4. The van der Waals surface area contributed by atoms with Gasteiger partial charge in [0.1, 0.15) is 5.82 Å². The molecule has 0 saturated carbocycles. The van der Waals surface area contributed by atoms with Gasteiger partial charge in [-0.25, -0.2) is 4.39 Å². The normalized spacial score (nSPS) is 14.2. The van der Waals surface area contributed by atoms with Crippen LogP contribution in [0.15, 0.2) is 42.5 Å². The van der Waals surface area contributed by atoms with Gasteiger partial charge in [0.15, 0.2) is 11.5 Å². The first-order chi connectivity index (χ1) is 14.5. The van der Waals surface area contributed by atoms with Crippen LogP contribution >= 0.6 is 0 Å². The largest absolute Gasteiger partial charge is 0.493 e. The van der Waals surface area contributed by atoms with Gasteiger partial charge < -0.3 is 19.3 Å². The molecule has 0 bridgehead atoms. The zero-order chi connectivity index (χ0) is 21.5. The Kier molecular flexibility index (Phi) is 7.27. The third kappa shape index (κ3) is 5.09. The number of aryl methyl sites for hydroxylation is 1. The van der Waals surface area contributed by atoms with Crippen molar-refractivity contribution in [3.05, 3.63) is 59.4 Å². The molecule has 0 unspecified atom stereocenters. The monoisotopic (exact) mass is 414 g/mol. The van der Waals surface area contributed by atoms with Crippen LogP contribution in [0, 0.1) is 5.82 Å². The van der Waals surface area contributed by atoms with Crippen LogP contribution in [0.25, 0.3) is 0 Å². The summed E-state index contributed by atoms with van der Waals surface area (Å²) in [6.45, 7) is 2.09. The van der Waals surface area contributed by atoms with Crippen LogP contribution in [0.1, 0.15) is 28.8 Å². The molecule has 3 rings (SSSR count). The highest BCUT2D eigenvalue weighted by Gasteiger charge is 2.23. The molecule has 1 heterocycles. The molecule has 0 N–H and O–H groups in total. The fourth-order valence-electron chi connectivity index (χ4n) is 3.62. The van der Waals surface area contributed by atoms with Gasteiger partial charge in [0.05, 0.1) is 14.2 Å². The number of methoxy groups -OCH3 is 2. The lowest BCUT2D eigenvalue weighted by atomic mass is 10.1. The predicted octanol–water partition coefficient (Wildman–Crippen LogP) is 3.15. The lowest BCUT2D eigenvalue weighted by Gasteiger charge is -2.22. The first-order valence-corrected chi connectivity index (χ1v) is 10.1. The molecule has 1 fully saturated rings. The van der Waals surface area contributed by atoms with Crippen molar-refractivity contribution in [2.45, 2.75) is 19.3 Å². The number of amides is 2. The van der Waals surface area contributed by atoms with Gasteiger partial charge in [-0.05, 0) is 42.7 Å². The first kappa shape index (κ1) is 21.6. The molecule has 0 aromatic heterocycles. The number of benzene rings is 2. The fourth-order valence-corrected chi connectivity index (χ4v) is 3.62. The second kappa shape index (κ2) is 10.1. The van der Waals surface area contributed by atoms with E-state index in [1.807, 2.05) is 0 Å². The van der Waals surface area contributed by atoms with E-state index in [-0.39, 0.29) is 24.1 Å². The van der Waals surface area contributed by atoms with Gasteiger partial charge in [0, 0.05) is 38.2 Å². The van der Waals surface area contributed by atoms with E-state index < -0.39 is 0 Å². The van der Waals surface area contributed by atoms with E-state index in [4.69, 9.17) is 9.47 Å². The van der Waals surface area contributed by atoms with Crippen molar-refractivity contribution in [1.82, 2.24) is 9.80 Å². The Bertz CT molecular complexity index is 903. The molecule has 2 aromatic carbocycles. The molecule has 2 amide bonds. The summed E-state index contributed by atoms with van der Waals surface area (Å²) in [5, 5.41) is 0. The van der Waals surface area contributed by atoms with Crippen molar-refractivity contribution in [3.63, 3.8) is 0 Å². The van der Waals surface area contributed by atoms with Crippen molar-refractivity contribution in [1.29, 1.82) is 0 Å². The predicted molar refractivity (Wildman–Crippen MR) is 111 cm³/mol. The van der Waals surface area contributed by atoms with Crippen molar-refractivity contribution in [2.75, 3.05) is 40.4 Å². The van der Waals surface area contributed by atoms with Gasteiger partial charge in [-0.3, -0.25) is 9.59 Å². The second-order valence-corrected chi connectivity index (χ2v) is 7.19. The molecule has 1 aliphatic heterocycles. The molecule has 1 saturated heterocycles. The maximum atomic E-state index is 13.8. The van der Waals surface area contributed by atoms with E-state index in [0.29, 0.717) is 61.6 Å². The van der Waals surface area contributed by atoms with E-state index in [9.17, 15) is 14.0 Å². The molecule has 0 aliphatic carbocycles. The van der Waals surface area contributed by atoms with E-state index >= 15 is 0 Å². The van der Waals surface area contributed by atoms with E-state index in [0.717, 1.165) is 0 Å². The minimum absolute atomic E-state index is 0.0151. The highest BCUT2D eigenvalue weighted by molar-refractivity contribution is 5.95. The molecule has 2 aromatic rings. The molecule has 0 spiro atoms. The Morgan fingerprint density at radius 2 is 1.63 bits per heavy atom. The lowest BCUT2D eigenvalue weighted by Crippen LogP contribution is -2.37. The summed E-state index contributed by atoms with van der Waals surface area (Å²) in [7, 11) is 3.08. The van der Waals surface area contributed by atoms with Crippen LogP contribution in [-0.2, 0) is 11.2 Å². The van der Waals surface area contributed by atoms with Gasteiger partial charge in [-0.15, -0.1) is 0 Å². The van der Waals surface area contributed by atoms with Crippen molar-refractivity contribution in [2.24, 2.45) is 0 Å². The van der Waals surface area contributed by atoms with Crippen molar-refractivity contribution >= 4 is 11.8 Å². The summed E-state index contributed by atoms with van der Waals surface area (Å²) in [5.41, 5.74) is 1.07. The van der Waals surface area contributed by atoms with Crippen LogP contribution in [0.3, 0.4) is 0 Å². The van der Waals surface area contributed by atoms with Crippen LogP contribution in [-0.4, -0.2) is 62.0 Å². The topological polar surface area (TPSA) is 59.1 Å². The Balaban J connectivity index is 1.58. The Hall–Kier alpha value is -3.09. The third-order valence-corrected chi connectivity index (χ3v) is 5.33. The molecule has 30 heavy (non-hydrogen) atoms. The maximum absolute atomic E-state index is 13.8. The Morgan fingerprint density at radius 1 is 0.933 bits per heavy atom. The van der Waals surface area contributed by atoms with Crippen LogP contribution < -0.4 is 9.47 Å². The number of hydrogen-bond acceptors (Lipinski definition) is 4. The van der Waals surface area contributed by atoms with E-state index in [1.165, 1.54) is 13.2 Å². The van der Waals surface area contributed by atoms with Crippen LogP contribution in [0.2, 0.25) is 0 Å². The SMILES string of the molecule is COc1ccc(C(=O)N2CCCN(C(=O)CCc3ccccc3F)CC2)cc1OC. The third-order valence-electron chi connectivity index (χ3n) is 5.33. The highest BCUT2D eigenvalue weighted by Crippen LogP contribution is 2.28. The summed E-state index contributed by atoms with van der Waals surface area (Å²) in [5.74, 6) is 0.669. The van der Waals surface area contributed by atoms with Gasteiger partial charge >= 0.3 is 0 Å².